The Labute approximate surface area is 90.9 Å². The summed E-state index contributed by atoms with van der Waals surface area (Å²) in [4.78, 5) is 0. The van der Waals surface area contributed by atoms with Gasteiger partial charge in [-0.3, -0.25) is 11.3 Å². The minimum absolute atomic E-state index is 0.00988. The van der Waals surface area contributed by atoms with Gasteiger partial charge in [0.15, 0.2) is 4.60 Å². The van der Waals surface area contributed by atoms with Crippen LogP contribution in [0.4, 0.5) is 0 Å². The largest absolute Gasteiger partial charge is 0.385 e. The van der Waals surface area contributed by atoms with Gasteiger partial charge < -0.3 is 4.74 Å². The van der Waals surface area contributed by atoms with E-state index in [1.807, 2.05) is 7.05 Å². The Hall–Kier alpha value is -0.500. The van der Waals surface area contributed by atoms with Gasteiger partial charge in [0, 0.05) is 20.8 Å². The van der Waals surface area contributed by atoms with Crippen molar-refractivity contribution < 1.29 is 4.74 Å². The Balaban J connectivity index is 2.77. The molecule has 80 valence electrons. The van der Waals surface area contributed by atoms with Crippen molar-refractivity contribution in [2.24, 2.45) is 12.9 Å². The summed E-state index contributed by atoms with van der Waals surface area (Å²) in [6.07, 6.45) is 0.771. The van der Waals surface area contributed by atoms with Crippen LogP contribution in [0.5, 0.6) is 0 Å². The molecule has 0 aliphatic rings. The van der Waals surface area contributed by atoms with Crippen molar-refractivity contribution in [2.75, 3.05) is 13.7 Å². The molecule has 0 saturated carbocycles. The fourth-order valence-corrected chi connectivity index (χ4v) is 1.85. The third kappa shape index (κ3) is 2.50. The van der Waals surface area contributed by atoms with Gasteiger partial charge in [0.25, 0.3) is 0 Å². The second kappa shape index (κ2) is 5.40. The van der Waals surface area contributed by atoms with Gasteiger partial charge in [-0.15, -0.1) is 5.10 Å². The zero-order chi connectivity index (χ0) is 10.6. The van der Waals surface area contributed by atoms with Gasteiger partial charge in [0.1, 0.15) is 0 Å². The summed E-state index contributed by atoms with van der Waals surface area (Å²) in [5, 5.41) is 7.76. The number of hydrazine groups is 1. The van der Waals surface area contributed by atoms with E-state index < -0.39 is 0 Å². The lowest BCUT2D eigenvalue weighted by molar-refractivity contribution is 0.181. The lowest BCUT2D eigenvalue weighted by Gasteiger charge is -2.15. The molecule has 0 saturated heterocycles. The monoisotopic (exact) mass is 263 g/mol. The lowest BCUT2D eigenvalue weighted by Crippen LogP contribution is -2.30. The molecule has 3 N–H and O–H groups in total. The van der Waals surface area contributed by atoms with Crippen molar-refractivity contribution >= 4 is 15.9 Å². The molecule has 0 amide bonds. The van der Waals surface area contributed by atoms with E-state index in [0.717, 1.165) is 12.1 Å². The van der Waals surface area contributed by atoms with Crippen molar-refractivity contribution in [1.82, 2.24) is 20.4 Å². The van der Waals surface area contributed by atoms with Crippen LogP contribution in [-0.2, 0) is 11.8 Å². The predicted octanol–water partition coefficient (Wildman–Crippen LogP) is 0.118. The quantitative estimate of drug-likeness (QED) is 0.583. The highest BCUT2D eigenvalue weighted by atomic mass is 79.9. The van der Waals surface area contributed by atoms with E-state index in [0.29, 0.717) is 11.2 Å². The normalized spacial score (nSPS) is 13.1. The standard InChI is InChI=1S/C7H14BrN5O/c1-13-6(7(8)11-12-13)5(10-9)3-4-14-2/h5,10H,3-4,9H2,1-2H3. The second-order valence-electron chi connectivity index (χ2n) is 2.89. The first-order valence-electron chi connectivity index (χ1n) is 4.20. The summed E-state index contributed by atoms with van der Waals surface area (Å²) in [7, 11) is 3.48. The van der Waals surface area contributed by atoms with Gasteiger partial charge >= 0.3 is 0 Å². The minimum atomic E-state index is -0.00988. The van der Waals surface area contributed by atoms with Crippen molar-refractivity contribution in [3.63, 3.8) is 0 Å². The van der Waals surface area contributed by atoms with E-state index in [1.54, 1.807) is 11.8 Å². The molecule has 1 aromatic rings. The summed E-state index contributed by atoms with van der Waals surface area (Å²) in [5.41, 5.74) is 3.63. The summed E-state index contributed by atoms with van der Waals surface area (Å²) in [6, 6.07) is -0.00988. The summed E-state index contributed by atoms with van der Waals surface area (Å²) < 4.78 is 7.38. The molecule has 1 heterocycles. The molecule has 1 rings (SSSR count). The summed E-state index contributed by atoms with van der Waals surface area (Å²) >= 11 is 3.32. The van der Waals surface area contributed by atoms with Crippen LogP contribution >= 0.6 is 15.9 Å². The SMILES string of the molecule is COCCC(NN)c1c(Br)nnn1C. The molecule has 0 radical (unpaired) electrons. The molecule has 0 fully saturated rings. The maximum absolute atomic E-state index is 5.45. The highest BCUT2D eigenvalue weighted by molar-refractivity contribution is 9.10. The number of aromatic nitrogens is 3. The number of rotatable bonds is 5. The molecule has 0 bridgehead atoms. The third-order valence-corrected chi connectivity index (χ3v) is 2.53. The van der Waals surface area contributed by atoms with Gasteiger partial charge in [-0.05, 0) is 22.4 Å². The number of halogens is 1. The van der Waals surface area contributed by atoms with Crippen LogP contribution in [-0.4, -0.2) is 28.7 Å². The molecule has 0 aromatic carbocycles. The number of nitrogens with two attached hydrogens (primary N) is 1. The minimum Gasteiger partial charge on any atom is -0.385 e. The number of nitrogens with zero attached hydrogens (tertiary/aromatic N) is 3. The first kappa shape index (κ1) is 11.6. The number of nitrogens with one attached hydrogen (secondary N) is 1. The first-order valence-corrected chi connectivity index (χ1v) is 5.00. The number of aryl methyl sites for hydroxylation is 1. The molecule has 0 spiro atoms. The van der Waals surface area contributed by atoms with Gasteiger partial charge in [-0.2, -0.15) is 0 Å². The van der Waals surface area contributed by atoms with Crippen molar-refractivity contribution in [3.05, 3.63) is 10.3 Å². The third-order valence-electron chi connectivity index (χ3n) is 1.97. The van der Waals surface area contributed by atoms with Crippen molar-refractivity contribution in [1.29, 1.82) is 0 Å². The fraction of sp³-hybridized carbons (Fsp3) is 0.714. The van der Waals surface area contributed by atoms with E-state index in [9.17, 15) is 0 Å². The first-order chi connectivity index (χ1) is 6.70. The Morgan fingerprint density at radius 3 is 2.86 bits per heavy atom. The lowest BCUT2D eigenvalue weighted by atomic mass is 10.1. The Morgan fingerprint density at radius 2 is 2.43 bits per heavy atom. The van der Waals surface area contributed by atoms with Gasteiger partial charge in [-0.1, -0.05) is 5.21 Å². The zero-order valence-electron chi connectivity index (χ0n) is 8.20. The molecular formula is C7H14BrN5O. The van der Waals surface area contributed by atoms with E-state index in [-0.39, 0.29) is 6.04 Å². The number of hydrogen-bond donors (Lipinski definition) is 2. The van der Waals surface area contributed by atoms with Crippen LogP contribution in [0.15, 0.2) is 4.60 Å². The molecule has 1 atom stereocenters. The Bertz CT molecular complexity index is 270. The highest BCUT2D eigenvalue weighted by Gasteiger charge is 2.18. The van der Waals surface area contributed by atoms with E-state index in [2.05, 4.69) is 31.7 Å². The predicted molar refractivity (Wildman–Crippen MR) is 55.3 cm³/mol. The summed E-state index contributed by atoms with van der Waals surface area (Å²) in [5.74, 6) is 5.45. The van der Waals surface area contributed by atoms with Crippen LogP contribution in [0.25, 0.3) is 0 Å². The fourth-order valence-electron chi connectivity index (χ4n) is 1.24. The molecule has 7 heteroatoms. The maximum atomic E-state index is 5.45. The van der Waals surface area contributed by atoms with Crippen molar-refractivity contribution in [2.45, 2.75) is 12.5 Å². The molecule has 0 aliphatic heterocycles. The van der Waals surface area contributed by atoms with Crippen molar-refractivity contribution in [3.8, 4) is 0 Å². The average Bonchev–Trinajstić information content (AvgIpc) is 2.50. The van der Waals surface area contributed by atoms with Crippen LogP contribution < -0.4 is 11.3 Å². The van der Waals surface area contributed by atoms with E-state index in [1.165, 1.54) is 0 Å². The number of ether oxygens (including phenoxy) is 1. The Morgan fingerprint density at radius 1 is 1.71 bits per heavy atom. The topological polar surface area (TPSA) is 78.0 Å². The molecule has 1 unspecified atom stereocenters. The maximum Gasteiger partial charge on any atom is 0.153 e. The van der Waals surface area contributed by atoms with Gasteiger partial charge in [0.2, 0.25) is 0 Å². The zero-order valence-corrected chi connectivity index (χ0v) is 9.78. The van der Waals surface area contributed by atoms with Gasteiger partial charge in [0.05, 0.1) is 11.7 Å². The molecule has 0 aliphatic carbocycles. The highest BCUT2D eigenvalue weighted by Crippen LogP contribution is 2.22. The van der Waals surface area contributed by atoms with Crippen LogP contribution in [0, 0.1) is 0 Å². The molecule has 1 aromatic heterocycles. The molecule has 14 heavy (non-hydrogen) atoms. The molecule has 6 nitrogen and oxygen atoms in total. The van der Waals surface area contributed by atoms with Gasteiger partial charge in [-0.25, -0.2) is 4.68 Å². The van der Waals surface area contributed by atoms with Crippen LogP contribution in [0.1, 0.15) is 18.2 Å². The summed E-state index contributed by atoms with van der Waals surface area (Å²) in [6.45, 7) is 0.631. The smallest absolute Gasteiger partial charge is 0.153 e. The van der Waals surface area contributed by atoms with Crippen LogP contribution in [0.3, 0.4) is 0 Å². The van der Waals surface area contributed by atoms with Crippen LogP contribution in [0.2, 0.25) is 0 Å². The van der Waals surface area contributed by atoms with E-state index in [4.69, 9.17) is 10.6 Å². The van der Waals surface area contributed by atoms with E-state index >= 15 is 0 Å². The number of hydrogen-bond acceptors (Lipinski definition) is 5. The average molecular weight is 264 g/mol. The second-order valence-corrected chi connectivity index (χ2v) is 3.64. The molecular weight excluding hydrogens is 250 g/mol. The Kier molecular flexibility index (Phi) is 4.46. The number of methoxy groups -OCH3 is 1.